The van der Waals surface area contributed by atoms with Crippen molar-refractivity contribution in [3.63, 3.8) is 0 Å². The molecular weight excluding hydrogens is 246 g/mol. The zero-order valence-corrected chi connectivity index (χ0v) is 11.3. The Labute approximate surface area is 111 Å². The molecule has 0 saturated carbocycles. The Morgan fingerprint density at radius 3 is 3.06 bits per heavy atom. The molecule has 0 spiro atoms. The van der Waals surface area contributed by atoms with Gasteiger partial charge in [-0.05, 0) is 31.4 Å². The third-order valence-electron chi connectivity index (χ3n) is 3.61. The lowest BCUT2D eigenvalue weighted by atomic mass is 10.0. The largest absolute Gasteiger partial charge is 0.480 e. The van der Waals surface area contributed by atoms with Crippen molar-refractivity contribution in [2.75, 3.05) is 12.3 Å². The molecule has 2 aliphatic heterocycles. The molecule has 0 radical (unpaired) electrons. The van der Waals surface area contributed by atoms with Gasteiger partial charge in [-0.2, -0.15) is 0 Å². The van der Waals surface area contributed by atoms with E-state index in [2.05, 4.69) is 13.0 Å². The Bertz CT molecular complexity index is 463. The lowest BCUT2D eigenvalue weighted by molar-refractivity contribution is -0.139. The van der Waals surface area contributed by atoms with Gasteiger partial charge in [0.1, 0.15) is 5.75 Å². The predicted octanol–water partition coefficient (Wildman–Crippen LogP) is 2.30. The summed E-state index contributed by atoms with van der Waals surface area (Å²) in [6.07, 6.45) is 1.44. The minimum atomic E-state index is -0.291. The highest BCUT2D eigenvalue weighted by molar-refractivity contribution is 8.00. The fourth-order valence-electron chi connectivity index (χ4n) is 2.57. The average Bonchev–Trinajstić information content (AvgIpc) is 2.83. The first kappa shape index (κ1) is 11.9. The van der Waals surface area contributed by atoms with E-state index in [9.17, 15) is 4.79 Å². The van der Waals surface area contributed by atoms with Gasteiger partial charge in [-0.15, -0.1) is 11.8 Å². The molecule has 1 aromatic carbocycles. The molecule has 0 aliphatic carbocycles. The van der Waals surface area contributed by atoms with E-state index in [1.807, 2.05) is 34.9 Å². The number of benzene rings is 1. The van der Waals surface area contributed by atoms with Crippen LogP contribution in [0.4, 0.5) is 0 Å². The lowest BCUT2D eigenvalue weighted by Crippen LogP contribution is -2.44. The molecule has 1 amide bonds. The zero-order valence-electron chi connectivity index (χ0n) is 10.5. The summed E-state index contributed by atoms with van der Waals surface area (Å²) in [5.74, 6) is 2.07. The molecule has 3 nitrogen and oxygen atoms in total. The number of hydrogen-bond donors (Lipinski definition) is 0. The fraction of sp³-hybridized carbons (Fsp3) is 0.500. The number of carbonyl (C=O) groups excluding carboxylic acids is 1. The average molecular weight is 263 g/mol. The van der Waals surface area contributed by atoms with E-state index in [1.54, 1.807) is 0 Å². The Hall–Kier alpha value is -1.16. The monoisotopic (exact) mass is 263 g/mol. The van der Waals surface area contributed by atoms with Gasteiger partial charge in [-0.1, -0.05) is 18.2 Å². The van der Waals surface area contributed by atoms with Crippen LogP contribution in [0.15, 0.2) is 24.3 Å². The highest BCUT2D eigenvalue weighted by Gasteiger charge is 2.34. The summed E-state index contributed by atoms with van der Waals surface area (Å²) in [5, 5.41) is 0.290. The number of hydrogen-bond acceptors (Lipinski definition) is 3. The van der Waals surface area contributed by atoms with Crippen LogP contribution in [0, 0.1) is 0 Å². The Kier molecular flexibility index (Phi) is 3.20. The molecule has 3 rings (SSSR count). The van der Waals surface area contributed by atoms with E-state index in [4.69, 9.17) is 4.74 Å². The van der Waals surface area contributed by atoms with Gasteiger partial charge in [0, 0.05) is 12.3 Å². The third kappa shape index (κ3) is 2.09. The van der Waals surface area contributed by atoms with Crippen LogP contribution in [-0.4, -0.2) is 34.6 Å². The predicted molar refractivity (Wildman–Crippen MR) is 72.8 cm³/mol. The number of amides is 1. The number of para-hydroxylation sites is 1. The molecule has 2 aliphatic rings. The molecule has 4 heteroatoms. The second-order valence-corrected chi connectivity index (χ2v) is 6.18. The normalized spacial score (nSPS) is 26.6. The maximum atomic E-state index is 12.4. The molecule has 1 saturated heterocycles. The van der Waals surface area contributed by atoms with Crippen LogP contribution in [0.2, 0.25) is 0 Å². The molecule has 1 aromatic rings. The maximum Gasteiger partial charge on any atom is 0.264 e. The van der Waals surface area contributed by atoms with Crippen molar-refractivity contribution in [2.24, 2.45) is 0 Å². The summed E-state index contributed by atoms with van der Waals surface area (Å²) in [6, 6.07) is 8.00. The van der Waals surface area contributed by atoms with Crippen LogP contribution in [0.1, 0.15) is 18.9 Å². The summed E-state index contributed by atoms with van der Waals surface area (Å²) in [4.78, 5) is 14.4. The zero-order chi connectivity index (χ0) is 12.5. The van der Waals surface area contributed by atoms with Gasteiger partial charge in [0.15, 0.2) is 6.10 Å². The minimum absolute atomic E-state index is 0.155. The number of nitrogens with zero attached hydrogens (tertiary/aromatic N) is 1. The third-order valence-corrected chi connectivity index (χ3v) is 4.76. The molecule has 96 valence electrons. The Morgan fingerprint density at radius 1 is 1.44 bits per heavy atom. The molecule has 2 unspecified atom stereocenters. The van der Waals surface area contributed by atoms with Crippen LogP contribution in [0.25, 0.3) is 0 Å². The van der Waals surface area contributed by atoms with Gasteiger partial charge >= 0.3 is 0 Å². The first-order chi connectivity index (χ1) is 8.75. The molecule has 2 atom stereocenters. The summed E-state index contributed by atoms with van der Waals surface area (Å²) in [6.45, 7) is 2.94. The van der Waals surface area contributed by atoms with E-state index >= 15 is 0 Å². The minimum Gasteiger partial charge on any atom is -0.480 e. The Balaban J connectivity index is 1.74. The van der Waals surface area contributed by atoms with Crippen LogP contribution in [0.5, 0.6) is 5.75 Å². The standard InChI is InChI=1S/C14H17NO2S/c1-10-15(8-9-18-10)14(16)13-7-6-11-4-2-3-5-12(11)17-13/h2-5,10,13H,6-9H2,1H3. The second kappa shape index (κ2) is 4.84. The number of thioether (sulfide) groups is 1. The summed E-state index contributed by atoms with van der Waals surface area (Å²) >= 11 is 1.83. The molecule has 0 N–H and O–H groups in total. The number of carbonyl (C=O) groups is 1. The first-order valence-electron chi connectivity index (χ1n) is 6.42. The van der Waals surface area contributed by atoms with Gasteiger partial charge in [-0.25, -0.2) is 0 Å². The highest BCUT2D eigenvalue weighted by atomic mass is 32.2. The van der Waals surface area contributed by atoms with E-state index in [0.717, 1.165) is 30.9 Å². The SMILES string of the molecule is CC1SCCN1C(=O)C1CCc2ccccc2O1. The van der Waals surface area contributed by atoms with Crippen LogP contribution < -0.4 is 4.74 Å². The highest BCUT2D eigenvalue weighted by Crippen LogP contribution is 2.30. The van der Waals surface area contributed by atoms with Crippen molar-refractivity contribution < 1.29 is 9.53 Å². The quantitative estimate of drug-likeness (QED) is 0.778. The van der Waals surface area contributed by atoms with E-state index in [1.165, 1.54) is 5.56 Å². The molecule has 1 fully saturated rings. The molecule has 2 heterocycles. The van der Waals surface area contributed by atoms with Crippen molar-refractivity contribution >= 4 is 17.7 Å². The smallest absolute Gasteiger partial charge is 0.264 e. The number of aryl methyl sites for hydroxylation is 1. The van der Waals surface area contributed by atoms with E-state index in [-0.39, 0.29) is 12.0 Å². The topological polar surface area (TPSA) is 29.5 Å². The molecule has 0 aromatic heterocycles. The Morgan fingerprint density at radius 2 is 2.28 bits per heavy atom. The van der Waals surface area contributed by atoms with Gasteiger partial charge < -0.3 is 9.64 Å². The molecular formula is C14H17NO2S. The fourth-order valence-corrected chi connectivity index (χ4v) is 3.60. The molecule has 18 heavy (non-hydrogen) atoms. The maximum absolute atomic E-state index is 12.4. The van der Waals surface area contributed by atoms with Crippen molar-refractivity contribution in [2.45, 2.75) is 31.2 Å². The van der Waals surface area contributed by atoms with Gasteiger partial charge in [0.25, 0.3) is 5.91 Å². The van der Waals surface area contributed by atoms with Crippen LogP contribution in [0.3, 0.4) is 0 Å². The van der Waals surface area contributed by atoms with Gasteiger partial charge in [-0.3, -0.25) is 4.79 Å². The van der Waals surface area contributed by atoms with Crippen molar-refractivity contribution in [3.05, 3.63) is 29.8 Å². The van der Waals surface area contributed by atoms with Crippen molar-refractivity contribution in [3.8, 4) is 5.75 Å². The number of rotatable bonds is 1. The summed E-state index contributed by atoms with van der Waals surface area (Å²) in [5.41, 5.74) is 1.21. The molecule has 0 bridgehead atoms. The van der Waals surface area contributed by atoms with Crippen LogP contribution >= 0.6 is 11.8 Å². The number of ether oxygens (including phenoxy) is 1. The summed E-state index contributed by atoms with van der Waals surface area (Å²) in [7, 11) is 0. The van der Waals surface area contributed by atoms with E-state index in [0.29, 0.717) is 5.37 Å². The van der Waals surface area contributed by atoms with Crippen molar-refractivity contribution in [1.29, 1.82) is 0 Å². The number of fused-ring (bicyclic) bond motifs is 1. The van der Waals surface area contributed by atoms with Gasteiger partial charge in [0.05, 0.1) is 5.37 Å². The van der Waals surface area contributed by atoms with Crippen LogP contribution in [-0.2, 0) is 11.2 Å². The second-order valence-electron chi connectivity index (χ2n) is 4.75. The van der Waals surface area contributed by atoms with E-state index < -0.39 is 0 Å². The first-order valence-corrected chi connectivity index (χ1v) is 7.47. The lowest BCUT2D eigenvalue weighted by Gasteiger charge is -2.30. The van der Waals surface area contributed by atoms with Crippen molar-refractivity contribution in [1.82, 2.24) is 4.90 Å². The summed E-state index contributed by atoms with van der Waals surface area (Å²) < 4.78 is 5.85. The van der Waals surface area contributed by atoms with Gasteiger partial charge in [0.2, 0.25) is 0 Å².